The maximum Gasteiger partial charge on any atom is 0.238 e. The van der Waals surface area contributed by atoms with Crippen LogP contribution >= 0.6 is 0 Å². The average Bonchev–Trinajstić information content (AvgIpc) is 2.89. The average molecular weight is 295 g/mol. The second-order valence-electron chi connectivity index (χ2n) is 5.74. The molecule has 1 amide bonds. The molecule has 1 atom stereocenters. The Labute approximate surface area is 122 Å². The van der Waals surface area contributed by atoms with Crippen LogP contribution < -0.4 is 5.32 Å². The smallest absolute Gasteiger partial charge is 0.238 e. The van der Waals surface area contributed by atoms with Gasteiger partial charge in [-0.3, -0.25) is 14.6 Å². The van der Waals surface area contributed by atoms with E-state index in [4.69, 9.17) is 0 Å². The molecule has 2 heterocycles. The molecular formula is C15H19F2N3O. The predicted molar refractivity (Wildman–Crippen MR) is 76.0 cm³/mol. The van der Waals surface area contributed by atoms with E-state index in [0.29, 0.717) is 6.04 Å². The fourth-order valence-corrected chi connectivity index (χ4v) is 3.18. The zero-order chi connectivity index (χ0) is 14.8. The van der Waals surface area contributed by atoms with Gasteiger partial charge in [-0.2, -0.15) is 0 Å². The molecule has 3 rings (SSSR count). The van der Waals surface area contributed by atoms with Crippen LogP contribution in [0.4, 0.5) is 14.5 Å². The molecule has 4 nitrogen and oxygen atoms in total. The summed E-state index contributed by atoms with van der Waals surface area (Å²) < 4.78 is 26.3. The van der Waals surface area contributed by atoms with Crippen LogP contribution in [-0.4, -0.2) is 54.5 Å². The van der Waals surface area contributed by atoms with Crippen LogP contribution in [0.15, 0.2) is 18.2 Å². The lowest BCUT2D eigenvalue weighted by Gasteiger charge is -2.37. The monoisotopic (exact) mass is 295 g/mol. The van der Waals surface area contributed by atoms with Crippen LogP contribution in [0.5, 0.6) is 0 Å². The summed E-state index contributed by atoms with van der Waals surface area (Å²) in [5, 5.41) is 2.51. The van der Waals surface area contributed by atoms with Gasteiger partial charge in [-0.25, -0.2) is 8.78 Å². The lowest BCUT2D eigenvalue weighted by molar-refractivity contribution is -0.117. The highest BCUT2D eigenvalue weighted by molar-refractivity contribution is 5.92. The van der Waals surface area contributed by atoms with Gasteiger partial charge in [0.15, 0.2) is 0 Å². The van der Waals surface area contributed by atoms with Crippen molar-refractivity contribution < 1.29 is 13.6 Å². The minimum atomic E-state index is -0.746. The SMILES string of the molecule is O=C(CN1CCN2CCC[C@@H]2C1)Nc1ccc(F)cc1F. The largest absolute Gasteiger partial charge is 0.322 e. The molecular weight excluding hydrogens is 276 g/mol. The second-order valence-corrected chi connectivity index (χ2v) is 5.74. The number of nitrogens with zero attached hydrogens (tertiary/aromatic N) is 2. The molecule has 0 aromatic heterocycles. The first-order valence-electron chi connectivity index (χ1n) is 7.33. The number of benzene rings is 1. The van der Waals surface area contributed by atoms with Gasteiger partial charge in [-0.15, -0.1) is 0 Å². The Morgan fingerprint density at radius 1 is 1.29 bits per heavy atom. The molecule has 21 heavy (non-hydrogen) atoms. The van der Waals surface area contributed by atoms with E-state index in [9.17, 15) is 13.6 Å². The molecule has 114 valence electrons. The normalized spacial score (nSPS) is 23.0. The van der Waals surface area contributed by atoms with Crippen LogP contribution in [0.25, 0.3) is 0 Å². The minimum Gasteiger partial charge on any atom is -0.322 e. The predicted octanol–water partition coefficient (Wildman–Crippen LogP) is 1.68. The molecule has 2 saturated heterocycles. The van der Waals surface area contributed by atoms with Gasteiger partial charge in [0.1, 0.15) is 11.6 Å². The number of anilines is 1. The van der Waals surface area contributed by atoms with Crippen molar-refractivity contribution in [2.24, 2.45) is 0 Å². The number of carbonyl (C=O) groups is 1. The number of fused-ring (bicyclic) bond motifs is 1. The standard InChI is InChI=1S/C15H19F2N3O/c16-11-3-4-14(13(17)8-11)18-15(21)10-19-6-7-20-5-1-2-12(20)9-19/h3-4,8,12H,1-2,5-7,9-10H2,(H,18,21)/t12-/m1/s1. The fraction of sp³-hybridized carbons (Fsp3) is 0.533. The summed E-state index contributed by atoms with van der Waals surface area (Å²) in [6, 6.07) is 3.70. The van der Waals surface area contributed by atoms with Gasteiger partial charge in [0.2, 0.25) is 5.91 Å². The van der Waals surface area contributed by atoms with Gasteiger partial charge in [-0.05, 0) is 31.5 Å². The number of hydrogen-bond donors (Lipinski definition) is 1. The fourth-order valence-electron chi connectivity index (χ4n) is 3.18. The minimum absolute atomic E-state index is 0.0286. The maximum absolute atomic E-state index is 13.5. The lowest BCUT2D eigenvalue weighted by Crippen LogP contribution is -2.51. The molecule has 0 radical (unpaired) electrons. The van der Waals surface area contributed by atoms with Crippen LogP contribution in [0, 0.1) is 11.6 Å². The Hall–Kier alpha value is -1.53. The second kappa shape index (κ2) is 6.07. The van der Waals surface area contributed by atoms with Crippen LogP contribution in [0.1, 0.15) is 12.8 Å². The van der Waals surface area contributed by atoms with Crippen molar-refractivity contribution in [3.63, 3.8) is 0 Å². The van der Waals surface area contributed by atoms with E-state index in [0.717, 1.165) is 38.3 Å². The molecule has 0 aliphatic carbocycles. The third kappa shape index (κ3) is 3.39. The van der Waals surface area contributed by atoms with Gasteiger partial charge in [-0.1, -0.05) is 0 Å². The zero-order valence-corrected chi connectivity index (χ0v) is 11.8. The molecule has 0 spiro atoms. The van der Waals surface area contributed by atoms with E-state index in [1.54, 1.807) is 0 Å². The van der Waals surface area contributed by atoms with E-state index in [-0.39, 0.29) is 18.1 Å². The quantitative estimate of drug-likeness (QED) is 0.921. The highest BCUT2D eigenvalue weighted by Crippen LogP contribution is 2.21. The number of amides is 1. The number of piperazine rings is 1. The van der Waals surface area contributed by atoms with Gasteiger partial charge in [0, 0.05) is 31.7 Å². The molecule has 0 unspecified atom stereocenters. The Balaban J connectivity index is 1.54. The first-order valence-corrected chi connectivity index (χ1v) is 7.33. The van der Waals surface area contributed by atoms with Crippen molar-refractivity contribution in [1.82, 2.24) is 9.80 Å². The summed E-state index contributed by atoms with van der Waals surface area (Å²) >= 11 is 0. The Morgan fingerprint density at radius 3 is 2.95 bits per heavy atom. The number of carbonyl (C=O) groups excluding carboxylic acids is 1. The number of hydrogen-bond acceptors (Lipinski definition) is 3. The molecule has 2 fully saturated rings. The molecule has 1 aromatic carbocycles. The van der Waals surface area contributed by atoms with Crippen LogP contribution in [0.3, 0.4) is 0 Å². The molecule has 6 heteroatoms. The molecule has 1 aromatic rings. The Kier molecular flexibility index (Phi) is 4.17. The topological polar surface area (TPSA) is 35.6 Å². The van der Waals surface area contributed by atoms with Crippen molar-refractivity contribution in [2.75, 3.05) is 38.0 Å². The Bertz CT molecular complexity index is 538. The van der Waals surface area contributed by atoms with E-state index in [2.05, 4.69) is 15.1 Å². The van der Waals surface area contributed by atoms with Crippen LogP contribution in [0.2, 0.25) is 0 Å². The van der Waals surface area contributed by atoms with Gasteiger partial charge >= 0.3 is 0 Å². The summed E-state index contributed by atoms with van der Waals surface area (Å²) in [6.45, 7) is 4.14. The number of halogens is 2. The van der Waals surface area contributed by atoms with Crippen molar-refractivity contribution in [1.29, 1.82) is 0 Å². The van der Waals surface area contributed by atoms with Gasteiger partial charge in [0.05, 0.1) is 12.2 Å². The summed E-state index contributed by atoms with van der Waals surface area (Å²) in [6.07, 6.45) is 2.41. The number of nitrogens with one attached hydrogen (secondary N) is 1. The first kappa shape index (κ1) is 14.4. The lowest BCUT2D eigenvalue weighted by atomic mass is 10.1. The van der Waals surface area contributed by atoms with E-state index in [1.165, 1.54) is 18.9 Å². The summed E-state index contributed by atoms with van der Waals surface area (Å²) in [5.41, 5.74) is 0.0286. The Morgan fingerprint density at radius 2 is 2.14 bits per heavy atom. The van der Waals surface area contributed by atoms with Crippen molar-refractivity contribution in [2.45, 2.75) is 18.9 Å². The van der Waals surface area contributed by atoms with E-state index < -0.39 is 11.6 Å². The third-order valence-electron chi connectivity index (χ3n) is 4.24. The number of rotatable bonds is 3. The molecule has 0 bridgehead atoms. The third-order valence-corrected chi connectivity index (χ3v) is 4.24. The van der Waals surface area contributed by atoms with Crippen molar-refractivity contribution in [3.05, 3.63) is 29.8 Å². The summed E-state index contributed by atoms with van der Waals surface area (Å²) in [5.74, 6) is -1.65. The molecule has 1 N–H and O–H groups in total. The van der Waals surface area contributed by atoms with Crippen LogP contribution in [-0.2, 0) is 4.79 Å². The van der Waals surface area contributed by atoms with Gasteiger partial charge < -0.3 is 5.32 Å². The van der Waals surface area contributed by atoms with Crippen molar-refractivity contribution >= 4 is 11.6 Å². The van der Waals surface area contributed by atoms with E-state index in [1.807, 2.05) is 0 Å². The molecule has 2 aliphatic heterocycles. The molecule has 0 saturated carbocycles. The van der Waals surface area contributed by atoms with E-state index >= 15 is 0 Å². The molecule has 2 aliphatic rings. The summed E-state index contributed by atoms with van der Waals surface area (Å²) in [7, 11) is 0. The van der Waals surface area contributed by atoms with Gasteiger partial charge in [0.25, 0.3) is 0 Å². The zero-order valence-electron chi connectivity index (χ0n) is 11.8. The maximum atomic E-state index is 13.5. The van der Waals surface area contributed by atoms with Crippen molar-refractivity contribution in [3.8, 4) is 0 Å². The highest BCUT2D eigenvalue weighted by atomic mass is 19.1. The first-order chi connectivity index (χ1) is 10.1. The summed E-state index contributed by atoms with van der Waals surface area (Å²) in [4.78, 5) is 16.5. The highest BCUT2D eigenvalue weighted by Gasteiger charge is 2.31.